The molecule has 1 aliphatic carbocycles. The lowest BCUT2D eigenvalue weighted by Gasteiger charge is -2.10. The molecule has 0 spiro atoms. The highest BCUT2D eigenvalue weighted by Gasteiger charge is 2.22. The van der Waals surface area contributed by atoms with Gasteiger partial charge in [-0.1, -0.05) is 12.1 Å². The van der Waals surface area contributed by atoms with Gasteiger partial charge < -0.3 is 11.1 Å². The molecule has 4 rings (SSSR count). The quantitative estimate of drug-likeness (QED) is 0.631. The van der Waals surface area contributed by atoms with Crippen LogP contribution >= 0.6 is 0 Å². The molecule has 7 nitrogen and oxygen atoms in total. The third-order valence-corrected chi connectivity index (χ3v) is 5.12. The van der Waals surface area contributed by atoms with Gasteiger partial charge in [-0.15, -0.1) is 0 Å². The topological polar surface area (TPSA) is 114 Å². The number of aromatic nitrogens is 3. The van der Waals surface area contributed by atoms with Gasteiger partial charge >= 0.3 is 0 Å². The van der Waals surface area contributed by atoms with Gasteiger partial charge in [0.1, 0.15) is 5.82 Å². The van der Waals surface area contributed by atoms with Gasteiger partial charge in [0.15, 0.2) is 0 Å². The molecule has 142 valence electrons. The lowest BCUT2D eigenvalue weighted by molar-refractivity contribution is 0.0952. The number of hydrogen-bond donors (Lipinski definition) is 3. The van der Waals surface area contributed by atoms with Crippen LogP contribution in [0.2, 0.25) is 0 Å². The Labute approximate surface area is 162 Å². The summed E-state index contributed by atoms with van der Waals surface area (Å²) in [5.74, 6) is 0.546. The maximum absolute atomic E-state index is 12.2. The molecule has 4 N–H and O–H groups in total. The van der Waals surface area contributed by atoms with Crippen LogP contribution in [0, 0.1) is 5.92 Å². The highest BCUT2D eigenvalue weighted by molar-refractivity contribution is 5.98. The molecule has 1 unspecified atom stereocenters. The van der Waals surface area contributed by atoms with Gasteiger partial charge in [0.2, 0.25) is 0 Å². The van der Waals surface area contributed by atoms with Crippen LogP contribution in [0.15, 0.2) is 53.5 Å². The van der Waals surface area contributed by atoms with E-state index < -0.39 is 0 Å². The molecular formula is C21H21N5O2. The SMILES string of the molecule is Nc1ncccc1C(=O)NCCC1Cc2ccc(-c3ccc(=O)[nH]n3)cc2C1. The maximum Gasteiger partial charge on any atom is 0.264 e. The molecule has 28 heavy (non-hydrogen) atoms. The van der Waals surface area contributed by atoms with Crippen molar-refractivity contribution in [3.8, 4) is 11.3 Å². The van der Waals surface area contributed by atoms with E-state index in [1.54, 1.807) is 24.4 Å². The van der Waals surface area contributed by atoms with Crippen LogP contribution in [0.1, 0.15) is 27.9 Å². The number of fused-ring (bicyclic) bond motifs is 1. The molecule has 1 atom stereocenters. The first-order chi connectivity index (χ1) is 13.6. The first kappa shape index (κ1) is 17.9. The summed E-state index contributed by atoms with van der Waals surface area (Å²) < 4.78 is 0. The summed E-state index contributed by atoms with van der Waals surface area (Å²) in [6.45, 7) is 0.597. The number of rotatable bonds is 5. The number of H-pyrrole nitrogens is 1. The standard InChI is InChI=1S/C21H21N5O2/c22-20-17(2-1-8-23-20)21(28)24-9-7-13-10-14-3-4-15(12-16(14)11-13)18-5-6-19(27)26-25-18/h1-6,8,12-13H,7,9-11H2,(H2,22,23)(H,24,28)(H,26,27). The largest absolute Gasteiger partial charge is 0.383 e. The number of nitrogen functional groups attached to an aromatic ring is 1. The first-order valence-electron chi connectivity index (χ1n) is 9.27. The van der Waals surface area contributed by atoms with E-state index >= 15 is 0 Å². The van der Waals surface area contributed by atoms with Gasteiger partial charge in [-0.05, 0) is 60.6 Å². The number of amides is 1. The van der Waals surface area contributed by atoms with Crippen LogP contribution in [-0.2, 0) is 12.8 Å². The van der Waals surface area contributed by atoms with Gasteiger partial charge in [0, 0.05) is 24.4 Å². The smallest absolute Gasteiger partial charge is 0.264 e. The number of hydrogen-bond acceptors (Lipinski definition) is 5. The second-order valence-corrected chi connectivity index (χ2v) is 7.04. The van der Waals surface area contributed by atoms with E-state index in [1.165, 1.54) is 17.2 Å². The second kappa shape index (κ2) is 7.64. The molecule has 1 aliphatic rings. The predicted octanol–water partition coefficient (Wildman–Crippen LogP) is 1.95. The summed E-state index contributed by atoms with van der Waals surface area (Å²) in [5.41, 5.74) is 10.3. The fraction of sp³-hybridized carbons (Fsp3) is 0.238. The molecule has 2 heterocycles. The van der Waals surface area contributed by atoms with Gasteiger partial charge in [0.25, 0.3) is 11.5 Å². The highest BCUT2D eigenvalue weighted by Crippen LogP contribution is 2.31. The summed E-state index contributed by atoms with van der Waals surface area (Å²) in [6, 6.07) is 12.9. The Morgan fingerprint density at radius 2 is 2.04 bits per heavy atom. The van der Waals surface area contributed by atoms with Crippen LogP contribution in [0.4, 0.5) is 5.82 Å². The molecule has 0 saturated carbocycles. The summed E-state index contributed by atoms with van der Waals surface area (Å²) in [5, 5.41) is 9.50. The lowest BCUT2D eigenvalue weighted by Crippen LogP contribution is -2.27. The van der Waals surface area contributed by atoms with Crippen LogP contribution in [0.3, 0.4) is 0 Å². The van der Waals surface area contributed by atoms with Crippen molar-refractivity contribution >= 4 is 11.7 Å². The van der Waals surface area contributed by atoms with Crippen LogP contribution in [0.25, 0.3) is 11.3 Å². The van der Waals surface area contributed by atoms with Crippen LogP contribution in [0.5, 0.6) is 0 Å². The minimum Gasteiger partial charge on any atom is -0.383 e. The van der Waals surface area contributed by atoms with E-state index in [0.29, 0.717) is 18.0 Å². The molecule has 1 aromatic carbocycles. The molecule has 3 aromatic rings. The summed E-state index contributed by atoms with van der Waals surface area (Å²) in [6.07, 6.45) is 4.43. The summed E-state index contributed by atoms with van der Waals surface area (Å²) in [4.78, 5) is 27.3. The minimum atomic E-state index is -0.208. The zero-order valence-corrected chi connectivity index (χ0v) is 15.3. The number of carbonyl (C=O) groups is 1. The van der Waals surface area contributed by atoms with Crippen molar-refractivity contribution in [2.45, 2.75) is 19.3 Å². The molecule has 0 aliphatic heterocycles. The van der Waals surface area contributed by atoms with Gasteiger partial charge in [0.05, 0.1) is 11.3 Å². The third-order valence-electron chi connectivity index (χ3n) is 5.12. The number of aromatic amines is 1. The van der Waals surface area contributed by atoms with Gasteiger partial charge in [-0.3, -0.25) is 9.59 Å². The molecule has 0 fully saturated rings. The molecular weight excluding hydrogens is 354 g/mol. The normalized spacial score (nSPS) is 15.2. The lowest BCUT2D eigenvalue weighted by atomic mass is 10.0. The van der Waals surface area contributed by atoms with Crippen molar-refractivity contribution in [1.82, 2.24) is 20.5 Å². The first-order valence-corrected chi connectivity index (χ1v) is 9.27. The highest BCUT2D eigenvalue weighted by atomic mass is 16.1. The van der Waals surface area contributed by atoms with E-state index in [1.807, 2.05) is 6.07 Å². The Bertz CT molecular complexity index is 1060. The second-order valence-electron chi connectivity index (χ2n) is 7.04. The summed E-state index contributed by atoms with van der Waals surface area (Å²) in [7, 11) is 0. The number of benzene rings is 1. The average molecular weight is 375 g/mol. The molecule has 0 radical (unpaired) electrons. The number of nitrogens with zero attached hydrogens (tertiary/aromatic N) is 2. The molecule has 1 amide bonds. The number of anilines is 1. The maximum atomic E-state index is 12.2. The number of nitrogens with two attached hydrogens (primary N) is 1. The average Bonchev–Trinajstić information content (AvgIpc) is 3.10. The Hall–Kier alpha value is -3.48. The fourth-order valence-corrected chi connectivity index (χ4v) is 3.67. The molecule has 7 heteroatoms. The number of nitrogens with one attached hydrogen (secondary N) is 2. The molecule has 0 bridgehead atoms. The van der Waals surface area contributed by atoms with Crippen molar-refractivity contribution in [1.29, 1.82) is 0 Å². The van der Waals surface area contributed by atoms with Gasteiger partial charge in [-0.25, -0.2) is 10.1 Å². The van der Waals surface area contributed by atoms with Crippen molar-refractivity contribution in [2.75, 3.05) is 12.3 Å². The van der Waals surface area contributed by atoms with Crippen LogP contribution < -0.4 is 16.6 Å². The van der Waals surface area contributed by atoms with Crippen molar-refractivity contribution in [2.24, 2.45) is 5.92 Å². The minimum absolute atomic E-state index is 0.187. The monoisotopic (exact) mass is 375 g/mol. The Morgan fingerprint density at radius 1 is 1.18 bits per heavy atom. The fourth-order valence-electron chi connectivity index (χ4n) is 3.67. The van der Waals surface area contributed by atoms with Crippen LogP contribution in [-0.4, -0.2) is 27.6 Å². The molecule has 2 aromatic heterocycles. The van der Waals surface area contributed by atoms with Crippen molar-refractivity contribution < 1.29 is 4.79 Å². The number of carbonyl (C=O) groups excluding carboxylic acids is 1. The van der Waals surface area contributed by atoms with E-state index in [0.717, 1.165) is 30.5 Å². The van der Waals surface area contributed by atoms with E-state index in [2.05, 4.69) is 32.6 Å². The Balaban J connectivity index is 1.35. The molecule has 0 saturated heterocycles. The zero-order valence-electron chi connectivity index (χ0n) is 15.3. The van der Waals surface area contributed by atoms with Gasteiger partial charge in [-0.2, -0.15) is 5.10 Å². The Morgan fingerprint density at radius 3 is 2.82 bits per heavy atom. The van der Waals surface area contributed by atoms with Crippen molar-refractivity contribution in [3.63, 3.8) is 0 Å². The van der Waals surface area contributed by atoms with E-state index in [9.17, 15) is 9.59 Å². The zero-order chi connectivity index (χ0) is 19.5. The van der Waals surface area contributed by atoms with E-state index in [4.69, 9.17) is 5.73 Å². The summed E-state index contributed by atoms with van der Waals surface area (Å²) >= 11 is 0. The Kier molecular flexibility index (Phi) is 4.89. The van der Waals surface area contributed by atoms with Crippen molar-refractivity contribution in [3.05, 3.63) is 75.7 Å². The third kappa shape index (κ3) is 3.78. The van der Waals surface area contributed by atoms with E-state index in [-0.39, 0.29) is 17.3 Å². The number of pyridine rings is 1. The predicted molar refractivity (Wildman–Crippen MR) is 107 cm³/mol.